The Morgan fingerprint density at radius 1 is 1.10 bits per heavy atom. The molecule has 0 radical (unpaired) electrons. The molecular weight excluding hydrogens is 520 g/mol. The van der Waals surface area contributed by atoms with Crippen LogP contribution < -0.4 is 16.4 Å². The third-order valence-corrected chi connectivity index (χ3v) is 7.11. The van der Waals surface area contributed by atoms with Gasteiger partial charge in [0.05, 0.1) is 0 Å². The number of nitrogens with one attached hydrogen (secondary N) is 2. The standard InChI is InChI=1S/C32H42N4O5/c1-7-22-13-9-14-23(19-22)28(29(38)35-27-20(2)11-8-12-21(27)3)36(24-15-10-16-24)30(39)25(17-18-26(33)37)34-31(40)41-32(4,5)6/h7-9,11-14,19,24-25,28H,1,10,15-18H2,2-6H3,(H2,33,37)(H,34,40)(H,35,38). The Kier molecular flexibility index (Phi) is 10.3. The fourth-order valence-corrected chi connectivity index (χ4v) is 4.85. The van der Waals surface area contributed by atoms with Gasteiger partial charge in [0.2, 0.25) is 11.8 Å². The minimum Gasteiger partial charge on any atom is -0.444 e. The van der Waals surface area contributed by atoms with Crippen molar-refractivity contribution in [1.82, 2.24) is 10.2 Å². The maximum absolute atomic E-state index is 14.4. The van der Waals surface area contributed by atoms with Crippen molar-refractivity contribution in [2.24, 2.45) is 5.73 Å². The molecule has 0 aromatic heterocycles. The quantitative estimate of drug-likeness (QED) is 0.348. The van der Waals surface area contributed by atoms with Gasteiger partial charge < -0.3 is 26.0 Å². The number of rotatable bonds is 11. The molecule has 41 heavy (non-hydrogen) atoms. The van der Waals surface area contributed by atoms with Crippen molar-refractivity contribution < 1.29 is 23.9 Å². The van der Waals surface area contributed by atoms with Crippen LogP contribution in [-0.4, -0.2) is 46.4 Å². The van der Waals surface area contributed by atoms with Crippen LogP contribution in [0.25, 0.3) is 6.08 Å². The van der Waals surface area contributed by atoms with Crippen molar-refractivity contribution in [3.63, 3.8) is 0 Å². The van der Waals surface area contributed by atoms with Gasteiger partial charge in [0.15, 0.2) is 0 Å². The SMILES string of the molecule is C=Cc1cccc(C(C(=O)Nc2c(C)cccc2C)N(C(=O)C(CCC(N)=O)NC(=O)OC(C)(C)C)C2CCC2)c1. The van der Waals surface area contributed by atoms with Gasteiger partial charge >= 0.3 is 6.09 Å². The molecule has 4 amide bonds. The number of carbonyl (C=O) groups is 4. The van der Waals surface area contributed by atoms with Crippen LogP contribution in [0.1, 0.15) is 81.2 Å². The molecule has 2 unspecified atom stereocenters. The Labute approximate surface area is 242 Å². The summed E-state index contributed by atoms with van der Waals surface area (Å²) in [6, 6.07) is 10.7. The third kappa shape index (κ3) is 8.42. The van der Waals surface area contributed by atoms with Gasteiger partial charge in [-0.3, -0.25) is 14.4 Å². The third-order valence-electron chi connectivity index (χ3n) is 7.11. The van der Waals surface area contributed by atoms with E-state index >= 15 is 0 Å². The molecule has 0 aliphatic heterocycles. The zero-order chi connectivity index (χ0) is 30.3. The molecule has 0 bridgehead atoms. The summed E-state index contributed by atoms with van der Waals surface area (Å²) in [6.07, 6.45) is 3.03. The molecule has 0 saturated heterocycles. The summed E-state index contributed by atoms with van der Waals surface area (Å²) in [6.45, 7) is 12.8. The second kappa shape index (κ2) is 13.5. The Balaban J connectivity index is 2.08. The van der Waals surface area contributed by atoms with Crippen LogP contribution in [0.2, 0.25) is 0 Å². The van der Waals surface area contributed by atoms with E-state index in [0.717, 1.165) is 23.1 Å². The number of para-hydroxylation sites is 1. The monoisotopic (exact) mass is 562 g/mol. The van der Waals surface area contributed by atoms with Crippen molar-refractivity contribution in [2.45, 2.75) is 90.4 Å². The van der Waals surface area contributed by atoms with Gasteiger partial charge in [-0.15, -0.1) is 0 Å². The topological polar surface area (TPSA) is 131 Å². The fraction of sp³-hybridized carbons (Fsp3) is 0.438. The van der Waals surface area contributed by atoms with Crippen molar-refractivity contribution in [1.29, 1.82) is 0 Å². The fourth-order valence-electron chi connectivity index (χ4n) is 4.85. The van der Waals surface area contributed by atoms with E-state index in [1.807, 2.05) is 50.2 Å². The zero-order valence-electron chi connectivity index (χ0n) is 24.7. The number of aryl methyl sites for hydroxylation is 2. The highest BCUT2D eigenvalue weighted by Crippen LogP contribution is 2.35. The van der Waals surface area contributed by atoms with Gasteiger partial charge in [0.1, 0.15) is 17.7 Å². The molecule has 1 aliphatic carbocycles. The first-order valence-electron chi connectivity index (χ1n) is 14.0. The Bertz CT molecular complexity index is 1270. The molecule has 1 fully saturated rings. The van der Waals surface area contributed by atoms with Crippen LogP contribution in [0.3, 0.4) is 0 Å². The van der Waals surface area contributed by atoms with Crippen molar-refractivity contribution in [3.8, 4) is 0 Å². The molecule has 3 rings (SSSR count). The predicted octanol–water partition coefficient (Wildman–Crippen LogP) is 5.17. The van der Waals surface area contributed by atoms with Crippen molar-refractivity contribution >= 4 is 35.6 Å². The number of carbonyl (C=O) groups excluding carboxylic acids is 4. The van der Waals surface area contributed by atoms with E-state index < -0.39 is 35.6 Å². The molecule has 2 aromatic carbocycles. The normalized spacial score (nSPS) is 14.7. The maximum atomic E-state index is 14.4. The number of ether oxygens (including phenoxy) is 1. The maximum Gasteiger partial charge on any atom is 0.408 e. The number of anilines is 1. The van der Waals surface area contributed by atoms with Crippen molar-refractivity contribution in [2.75, 3.05) is 5.32 Å². The summed E-state index contributed by atoms with van der Waals surface area (Å²) in [4.78, 5) is 54.6. The van der Waals surface area contributed by atoms with E-state index in [1.165, 1.54) is 0 Å². The lowest BCUT2D eigenvalue weighted by Gasteiger charge is -2.43. The molecule has 1 saturated carbocycles. The van der Waals surface area contributed by atoms with Crippen LogP contribution in [0.15, 0.2) is 49.0 Å². The van der Waals surface area contributed by atoms with Gasteiger partial charge in [0.25, 0.3) is 5.91 Å². The zero-order valence-corrected chi connectivity index (χ0v) is 24.7. The summed E-state index contributed by atoms with van der Waals surface area (Å²) in [5.74, 6) is -1.46. The van der Waals surface area contributed by atoms with E-state index in [2.05, 4.69) is 17.2 Å². The number of primary amides is 1. The summed E-state index contributed by atoms with van der Waals surface area (Å²) in [5, 5.41) is 5.71. The van der Waals surface area contributed by atoms with Crippen LogP contribution in [0.5, 0.6) is 0 Å². The number of hydrogen-bond donors (Lipinski definition) is 3. The second-order valence-corrected chi connectivity index (χ2v) is 11.6. The Morgan fingerprint density at radius 2 is 1.73 bits per heavy atom. The number of hydrogen-bond acceptors (Lipinski definition) is 5. The summed E-state index contributed by atoms with van der Waals surface area (Å²) in [7, 11) is 0. The average molecular weight is 563 g/mol. The van der Waals surface area contributed by atoms with E-state index in [4.69, 9.17) is 10.5 Å². The highest BCUT2D eigenvalue weighted by Gasteiger charge is 2.42. The van der Waals surface area contributed by atoms with Gasteiger partial charge in [-0.25, -0.2) is 4.79 Å². The van der Waals surface area contributed by atoms with E-state index in [0.29, 0.717) is 24.1 Å². The van der Waals surface area contributed by atoms with Crippen LogP contribution >= 0.6 is 0 Å². The molecule has 0 heterocycles. The van der Waals surface area contributed by atoms with Gasteiger partial charge in [0, 0.05) is 18.2 Å². The van der Waals surface area contributed by atoms with Gasteiger partial charge in [-0.2, -0.15) is 0 Å². The number of alkyl carbamates (subject to hydrolysis) is 1. The molecule has 4 N–H and O–H groups in total. The Morgan fingerprint density at radius 3 is 2.27 bits per heavy atom. The first-order chi connectivity index (χ1) is 19.3. The summed E-state index contributed by atoms with van der Waals surface area (Å²) < 4.78 is 5.41. The number of amides is 4. The molecule has 220 valence electrons. The van der Waals surface area contributed by atoms with E-state index in [1.54, 1.807) is 37.8 Å². The van der Waals surface area contributed by atoms with Gasteiger partial charge in [-0.1, -0.05) is 49.1 Å². The molecule has 2 aromatic rings. The molecule has 9 nitrogen and oxygen atoms in total. The van der Waals surface area contributed by atoms with E-state index in [9.17, 15) is 19.2 Å². The lowest BCUT2D eigenvalue weighted by atomic mass is 9.87. The minimum atomic E-state index is -1.13. The first kappa shape index (κ1) is 31.4. The Hall–Kier alpha value is -4.14. The minimum absolute atomic E-state index is 0.0332. The average Bonchev–Trinajstić information content (AvgIpc) is 2.86. The highest BCUT2D eigenvalue weighted by atomic mass is 16.6. The summed E-state index contributed by atoms with van der Waals surface area (Å²) in [5.41, 5.74) is 8.49. The first-order valence-corrected chi connectivity index (χ1v) is 14.0. The molecule has 9 heteroatoms. The summed E-state index contributed by atoms with van der Waals surface area (Å²) >= 11 is 0. The molecule has 2 atom stereocenters. The van der Waals surface area contributed by atoms with Crippen LogP contribution in [0.4, 0.5) is 10.5 Å². The van der Waals surface area contributed by atoms with E-state index in [-0.39, 0.29) is 24.8 Å². The largest absolute Gasteiger partial charge is 0.444 e. The molecule has 1 aliphatic rings. The smallest absolute Gasteiger partial charge is 0.408 e. The second-order valence-electron chi connectivity index (χ2n) is 11.6. The predicted molar refractivity (Wildman–Crippen MR) is 160 cm³/mol. The highest BCUT2D eigenvalue weighted by molar-refractivity contribution is 6.00. The van der Waals surface area contributed by atoms with Crippen molar-refractivity contribution in [3.05, 3.63) is 71.3 Å². The van der Waals surface area contributed by atoms with Crippen LogP contribution in [-0.2, 0) is 19.1 Å². The lowest BCUT2D eigenvalue weighted by molar-refractivity contribution is -0.146. The number of benzene rings is 2. The van der Waals surface area contributed by atoms with Gasteiger partial charge in [-0.05, 0) is 88.6 Å². The molecular formula is C32H42N4O5. The van der Waals surface area contributed by atoms with Crippen LogP contribution in [0, 0.1) is 13.8 Å². The lowest BCUT2D eigenvalue weighted by Crippen LogP contribution is -2.57. The molecule has 0 spiro atoms. The number of nitrogens with two attached hydrogens (primary N) is 1. The number of nitrogens with zero attached hydrogens (tertiary/aromatic N) is 1.